The summed E-state index contributed by atoms with van der Waals surface area (Å²) in [4.78, 5) is 13.6. The number of nitriles is 1. The van der Waals surface area contributed by atoms with Crippen molar-refractivity contribution in [3.05, 3.63) is 29.3 Å². The van der Waals surface area contributed by atoms with Crippen LogP contribution in [0.25, 0.3) is 0 Å². The van der Waals surface area contributed by atoms with Crippen LogP contribution in [0.5, 0.6) is 5.75 Å². The Labute approximate surface area is 114 Å². The minimum atomic E-state index is -0.552. The van der Waals surface area contributed by atoms with Gasteiger partial charge in [0.1, 0.15) is 11.7 Å². The fourth-order valence-electron chi connectivity index (χ4n) is 1.98. The monoisotopic (exact) mass is 260 g/mol. The van der Waals surface area contributed by atoms with E-state index in [-0.39, 0.29) is 5.91 Å². The average Bonchev–Trinajstić information content (AvgIpc) is 2.40. The predicted octanol–water partition coefficient (Wildman–Crippen LogP) is 2.51. The molecule has 0 heterocycles. The van der Waals surface area contributed by atoms with Crippen LogP contribution in [-0.4, -0.2) is 25.0 Å². The van der Waals surface area contributed by atoms with Gasteiger partial charge in [0.2, 0.25) is 5.91 Å². The van der Waals surface area contributed by atoms with E-state index < -0.39 is 5.92 Å². The molecule has 1 unspecified atom stereocenters. The summed E-state index contributed by atoms with van der Waals surface area (Å²) in [6, 6.07) is 7.86. The van der Waals surface area contributed by atoms with Crippen LogP contribution in [0.15, 0.2) is 18.2 Å². The van der Waals surface area contributed by atoms with Crippen molar-refractivity contribution >= 4 is 5.91 Å². The molecule has 0 fully saturated rings. The molecular weight excluding hydrogens is 240 g/mol. The Morgan fingerprint density at radius 2 is 2.21 bits per heavy atom. The third kappa shape index (κ3) is 3.72. The molecule has 0 aromatic heterocycles. The van der Waals surface area contributed by atoms with Gasteiger partial charge in [-0.15, -0.1) is 0 Å². The number of hydrogen-bond donors (Lipinski definition) is 0. The van der Waals surface area contributed by atoms with Crippen molar-refractivity contribution in [1.82, 2.24) is 4.90 Å². The number of ether oxygens (including phenoxy) is 1. The zero-order valence-corrected chi connectivity index (χ0v) is 11.9. The molecule has 0 aliphatic rings. The largest absolute Gasteiger partial charge is 0.496 e. The van der Waals surface area contributed by atoms with E-state index in [4.69, 9.17) is 10.00 Å². The highest BCUT2D eigenvalue weighted by atomic mass is 16.5. The van der Waals surface area contributed by atoms with Crippen molar-refractivity contribution in [3.63, 3.8) is 0 Å². The van der Waals surface area contributed by atoms with Crippen LogP contribution in [0.3, 0.4) is 0 Å². The lowest BCUT2D eigenvalue weighted by Crippen LogP contribution is -2.31. The maximum Gasteiger partial charge on any atom is 0.239 e. The Kier molecular flexibility index (Phi) is 5.37. The second-order valence-electron chi connectivity index (χ2n) is 4.59. The van der Waals surface area contributed by atoms with Crippen LogP contribution in [0.2, 0.25) is 0 Å². The molecule has 1 rings (SSSR count). The average molecular weight is 260 g/mol. The third-order valence-electron chi connectivity index (χ3n) is 3.12. The van der Waals surface area contributed by atoms with Crippen LogP contribution in [0.4, 0.5) is 0 Å². The zero-order valence-electron chi connectivity index (χ0n) is 11.9. The first-order valence-corrected chi connectivity index (χ1v) is 6.31. The van der Waals surface area contributed by atoms with Crippen molar-refractivity contribution in [2.45, 2.75) is 26.8 Å². The molecule has 102 valence electrons. The number of aryl methyl sites for hydroxylation is 1. The van der Waals surface area contributed by atoms with E-state index in [1.54, 1.807) is 19.1 Å². The summed E-state index contributed by atoms with van der Waals surface area (Å²) in [5, 5.41) is 8.91. The first kappa shape index (κ1) is 15.0. The molecule has 1 atom stereocenters. The van der Waals surface area contributed by atoms with Gasteiger partial charge in [0, 0.05) is 13.6 Å². The number of carbonyl (C=O) groups excluding carboxylic acids is 1. The number of nitrogens with zero attached hydrogens (tertiary/aromatic N) is 2. The van der Waals surface area contributed by atoms with E-state index in [9.17, 15) is 4.79 Å². The van der Waals surface area contributed by atoms with E-state index in [1.807, 2.05) is 38.1 Å². The molecule has 4 heteroatoms. The summed E-state index contributed by atoms with van der Waals surface area (Å²) in [5.74, 6) is 0.156. The van der Waals surface area contributed by atoms with Crippen molar-refractivity contribution in [3.8, 4) is 11.8 Å². The number of carbonyl (C=O) groups is 1. The summed E-state index contributed by atoms with van der Waals surface area (Å²) < 4.78 is 5.20. The minimum Gasteiger partial charge on any atom is -0.496 e. The van der Waals surface area contributed by atoms with E-state index in [1.165, 1.54) is 0 Å². The lowest BCUT2D eigenvalue weighted by atomic mass is 10.1. The first-order valence-electron chi connectivity index (χ1n) is 6.31. The molecule has 4 nitrogen and oxygen atoms in total. The van der Waals surface area contributed by atoms with E-state index in [0.29, 0.717) is 13.0 Å². The van der Waals surface area contributed by atoms with Gasteiger partial charge in [-0.1, -0.05) is 19.1 Å². The molecule has 0 bridgehead atoms. The second-order valence-corrected chi connectivity index (χ2v) is 4.59. The van der Waals surface area contributed by atoms with Crippen LogP contribution in [0.1, 0.15) is 24.5 Å². The fourth-order valence-corrected chi connectivity index (χ4v) is 1.98. The molecule has 1 amide bonds. The molecule has 0 radical (unpaired) electrons. The molecule has 1 aromatic rings. The van der Waals surface area contributed by atoms with Gasteiger partial charge < -0.3 is 9.64 Å². The lowest BCUT2D eigenvalue weighted by molar-refractivity contribution is -0.133. The quantitative estimate of drug-likeness (QED) is 0.817. The summed E-state index contributed by atoms with van der Waals surface area (Å²) in [6.45, 7) is 4.31. The van der Waals surface area contributed by atoms with Crippen molar-refractivity contribution in [2.75, 3.05) is 14.2 Å². The fraction of sp³-hybridized carbons (Fsp3) is 0.467. The normalized spacial score (nSPS) is 11.5. The highest BCUT2D eigenvalue weighted by Gasteiger charge is 2.19. The first-order chi connectivity index (χ1) is 9.03. The maximum absolute atomic E-state index is 12.0. The molecule has 19 heavy (non-hydrogen) atoms. The molecular formula is C15H20N2O2. The third-order valence-corrected chi connectivity index (χ3v) is 3.12. The van der Waals surface area contributed by atoms with Crippen LogP contribution < -0.4 is 4.74 Å². The summed E-state index contributed by atoms with van der Waals surface area (Å²) >= 11 is 0. The van der Waals surface area contributed by atoms with Crippen molar-refractivity contribution < 1.29 is 9.53 Å². The molecule has 0 saturated carbocycles. The van der Waals surface area contributed by atoms with Crippen molar-refractivity contribution in [2.24, 2.45) is 5.92 Å². The Bertz CT molecular complexity index is 491. The molecule has 0 spiro atoms. The Morgan fingerprint density at radius 1 is 1.53 bits per heavy atom. The van der Waals surface area contributed by atoms with Crippen LogP contribution in [0, 0.1) is 24.2 Å². The molecule has 0 aliphatic heterocycles. The predicted molar refractivity (Wildman–Crippen MR) is 73.6 cm³/mol. The van der Waals surface area contributed by atoms with Gasteiger partial charge in [0.25, 0.3) is 0 Å². The zero-order chi connectivity index (χ0) is 14.4. The summed E-state index contributed by atoms with van der Waals surface area (Å²) in [7, 11) is 3.36. The van der Waals surface area contributed by atoms with E-state index in [0.717, 1.165) is 16.9 Å². The summed E-state index contributed by atoms with van der Waals surface area (Å²) in [5.41, 5.74) is 2.06. The van der Waals surface area contributed by atoms with E-state index in [2.05, 4.69) is 0 Å². The number of rotatable bonds is 5. The molecule has 0 saturated heterocycles. The smallest absolute Gasteiger partial charge is 0.239 e. The van der Waals surface area contributed by atoms with Gasteiger partial charge >= 0.3 is 0 Å². The van der Waals surface area contributed by atoms with E-state index >= 15 is 0 Å². The highest BCUT2D eigenvalue weighted by Crippen LogP contribution is 2.19. The molecule has 0 N–H and O–H groups in total. The number of amides is 1. The van der Waals surface area contributed by atoms with Gasteiger partial charge in [-0.2, -0.15) is 5.26 Å². The minimum absolute atomic E-state index is 0.126. The number of methoxy groups -OCH3 is 1. The highest BCUT2D eigenvalue weighted by molar-refractivity contribution is 5.80. The van der Waals surface area contributed by atoms with Gasteiger partial charge in [-0.25, -0.2) is 0 Å². The second kappa shape index (κ2) is 6.79. The van der Waals surface area contributed by atoms with Gasteiger partial charge in [-0.05, 0) is 30.5 Å². The standard InChI is InChI=1S/C15H20N2O2/c1-5-13(9-16)15(18)17(3)10-12-6-7-14(19-4)11(2)8-12/h6-8,13H,5,10H2,1-4H3. The molecule has 1 aromatic carbocycles. The van der Waals surface area contributed by atoms with Crippen LogP contribution >= 0.6 is 0 Å². The topological polar surface area (TPSA) is 53.3 Å². The molecule has 0 aliphatic carbocycles. The SMILES string of the molecule is CCC(C#N)C(=O)N(C)Cc1ccc(OC)c(C)c1. The Balaban J connectivity index is 2.77. The lowest BCUT2D eigenvalue weighted by Gasteiger charge is -2.20. The van der Waals surface area contributed by atoms with Gasteiger partial charge in [0.05, 0.1) is 13.2 Å². The van der Waals surface area contributed by atoms with Gasteiger partial charge in [0.15, 0.2) is 0 Å². The van der Waals surface area contributed by atoms with Crippen LogP contribution in [-0.2, 0) is 11.3 Å². The Hall–Kier alpha value is -2.02. The van der Waals surface area contributed by atoms with Crippen molar-refractivity contribution in [1.29, 1.82) is 5.26 Å². The Morgan fingerprint density at radius 3 is 2.68 bits per heavy atom. The number of benzene rings is 1. The maximum atomic E-state index is 12.0. The summed E-state index contributed by atoms with van der Waals surface area (Å²) in [6.07, 6.45) is 0.543. The number of hydrogen-bond acceptors (Lipinski definition) is 3. The van der Waals surface area contributed by atoms with Gasteiger partial charge in [-0.3, -0.25) is 4.79 Å².